The molecule has 1 aromatic carbocycles. The monoisotopic (exact) mass is 287 g/mol. The number of hydrogen-bond donors (Lipinski definition) is 1. The van der Waals surface area contributed by atoms with Crippen LogP contribution in [0.3, 0.4) is 0 Å². The van der Waals surface area contributed by atoms with Crippen LogP contribution in [0.15, 0.2) is 24.3 Å². The number of Topliss-reactive ketones (excluding diaryl/α,β-unsaturated/α-hetero) is 1. The van der Waals surface area contributed by atoms with E-state index >= 15 is 0 Å². The second-order valence-electron chi connectivity index (χ2n) is 6.40. The van der Waals surface area contributed by atoms with Gasteiger partial charge in [-0.1, -0.05) is 12.1 Å². The third kappa shape index (κ3) is 4.14. The van der Waals surface area contributed by atoms with Crippen LogP contribution in [0.2, 0.25) is 0 Å². The van der Waals surface area contributed by atoms with Gasteiger partial charge in [-0.05, 0) is 39.8 Å². The summed E-state index contributed by atoms with van der Waals surface area (Å²) in [6.07, 6.45) is 0.957. The molecule has 4 nitrogen and oxygen atoms in total. The van der Waals surface area contributed by atoms with Gasteiger partial charge in [0.1, 0.15) is 11.6 Å². The fraction of sp³-hybridized carbons (Fsp3) is 0.529. The molecule has 0 saturated carbocycles. The number of carbonyl (C=O) groups is 1. The highest BCUT2D eigenvalue weighted by atomic mass is 16.1. The van der Waals surface area contributed by atoms with Gasteiger partial charge in [0.05, 0.1) is 17.5 Å². The molecule has 0 aliphatic heterocycles. The number of aryl methyl sites for hydroxylation is 1. The van der Waals surface area contributed by atoms with Gasteiger partial charge in [0.25, 0.3) is 0 Å². The average molecular weight is 287 g/mol. The van der Waals surface area contributed by atoms with Crippen LogP contribution in [0.25, 0.3) is 11.0 Å². The van der Waals surface area contributed by atoms with E-state index in [1.807, 2.05) is 18.2 Å². The molecular weight excluding hydrogens is 262 g/mol. The highest BCUT2D eigenvalue weighted by molar-refractivity contribution is 5.82. The number of nitrogens with zero attached hydrogens (tertiary/aromatic N) is 2. The van der Waals surface area contributed by atoms with Crippen LogP contribution in [0.4, 0.5) is 0 Å². The van der Waals surface area contributed by atoms with Crippen molar-refractivity contribution in [2.75, 3.05) is 6.54 Å². The number of rotatable bonds is 6. The molecule has 0 atom stereocenters. The van der Waals surface area contributed by atoms with E-state index in [9.17, 15) is 4.79 Å². The van der Waals surface area contributed by atoms with E-state index in [0.29, 0.717) is 19.4 Å². The average Bonchev–Trinajstić information content (AvgIpc) is 2.74. The lowest BCUT2D eigenvalue weighted by atomic mass is 10.1. The number of imidazole rings is 1. The second-order valence-corrected chi connectivity index (χ2v) is 6.40. The van der Waals surface area contributed by atoms with Crippen molar-refractivity contribution in [2.45, 2.75) is 52.6 Å². The number of carbonyl (C=O) groups excluding carboxylic acids is 1. The van der Waals surface area contributed by atoms with Crippen molar-refractivity contribution < 1.29 is 4.79 Å². The maximum absolute atomic E-state index is 12.1. The molecule has 0 fully saturated rings. The molecule has 2 aromatic rings. The smallest absolute Gasteiger partial charge is 0.141 e. The van der Waals surface area contributed by atoms with Crippen LogP contribution in [0.5, 0.6) is 0 Å². The SMILES string of the molecule is CCn1c(CC(=O)CCNC(C)(C)C)nc2ccccc21. The Balaban J connectivity index is 2.04. The van der Waals surface area contributed by atoms with Crippen molar-refractivity contribution in [3.05, 3.63) is 30.1 Å². The van der Waals surface area contributed by atoms with E-state index < -0.39 is 0 Å². The number of aromatic nitrogens is 2. The summed E-state index contributed by atoms with van der Waals surface area (Å²) in [7, 11) is 0. The van der Waals surface area contributed by atoms with E-state index in [1.165, 1.54) is 0 Å². The summed E-state index contributed by atoms with van der Waals surface area (Å²) in [6.45, 7) is 9.96. The van der Waals surface area contributed by atoms with E-state index in [0.717, 1.165) is 23.4 Å². The summed E-state index contributed by atoms with van der Waals surface area (Å²) in [5, 5.41) is 3.35. The Morgan fingerprint density at radius 1 is 1.29 bits per heavy atom. The van der Waals surface area contributed by atoms with Crippen molar-refractivity contribution in [3.8, 4) is 0 Å². The van der Waals surface area contributed by atoms with E-state index in [1.54, 1.807) is 0 Å². The molecule has 0 aliphatic carbocycles. The van der Waals surface area contributed by atoms with Gasteiger partial charge >= 0.3 is 0 Å². The largest absolute Gasteiger partial charge is 0.328 e. The van der Waals surface area contributed by atoms with Crippen molar-refractivity contribution in [3.63, 3.8) is 0 Å². The van der Waals surface area contributed by atoms with Crippen LogP contribution in [0.1, 0.15) is 39.9 Å². The molecule has 21 heavy (non-hydrogen) atoms. The maximum atomic E-state index is 12.1. The zero-order valence-electron chi connectivity index (χ0n) is 13.4. The van der Waals surface area contributed by atoms with Gasteiger partial charge in [-0.25, -0.2) is 4.98 Å². The number of para-hydroxylation sites is 2. The molecular formula is C17H25N3O. The molecule has 0 radical (unpaired) electrons. The third-order valence-corrected chi connectivity index (χ3v) is 3.46. The zero-order valence-corrected chi connectivity index (χ0v) is 13.4. The summed E-state index contributed by atoms with van der Waals surface area (Å²) in [5.41, 5.74) is 2.13. The quantitative estimate of drug-likeness (QED) is 0.888. The molecule has 0 bridgehead atoms. The van der Waals surface area contributed by atoms with Crippen LogP contribution < -0.4 is 5.32 Å². The molecule has 0 amide bonds. The van der Waals surface area contributed by atoms with E-state index in [4.69, 9.17) is 0 Å². The predicted molar refractivity (Wildman–Crippen MR) is 86.5 cm³/mol. The van der Waals surface area contributed by atoms with Crippen molar-refractivity contribution in [1.29, 1.82) is 0 Å². The lowest BCUT2D eigenvalue weighted by Gasteiger charge is -2.20. The van der Waals surface area contributed by atoms with Gasteiger partial charge in [-0.15, -0.1) is 0 Å². The fourth-order valence-corrected chi connectivity index (χ4v) is 2.45. The zero-order chi connectivity index (χ0) is 15.5. The molecule has 0 aliphatic rings. The first-order valence-electron chi connectivity index (χ1n) is 7.61. The first kappa shape index (κ1) is 15.7. The number of ketones is 1. The Morgan fingerprint density at radius 2 is 2.00 bits per heavy atom. The van der Waals surface area contributed by atoms with Gasteiger partial charge in [0.15, 0.2) is 0 Å². The predicted octanol–water partition coefficient (Wildman–Crippen LogP) is 2.95. The molecule has 114 valence electrons. The summed E-state index contributed by atoms with van der Waals surface area (Å²) in [4.78, 5) is 16.8. The Kier molecular flexibility index (Phi) is 4.78. The van der Waals surface area contributed by atoms with Gasteiger partial charge in [-0.2, -0.15) is 0 Å². The number of benzene rings is 1. The standard InChI is InChI=1S/C17H25N3O/c1-5-20-15-9-7-6-8-14(15)19-16(20)12-13(21)10-11-18-17(2,3)4/h6-9,18H,5,10-12H2,1-4H3. The maximum Gasteiger partial charge on any atom is 0.141 e. The van der Waals surface area contributed by atoms with Gasteiger partial charge in [-0.3, -0.25) is 4.79 Å². The molecule has 0 spiro atoms. The lowest BCUT2D eigenvalue weighted by molar-refractivity contribution is -0.118. The fourth-order valence-electron chi connectivity index (χ4n) is 2.45. The molecule has 4 heteroatoms. The summed E-state index contributed by atoms with van der Waals surface area (Å²) < 4.78 is 2.13. The molecule has 0 saturated heterocycles. The molecule has 0 unspecified atom stereocenters. The molecule has 1 N–H and O–H groups in total. The summed E-state index contributed by atoms with van der Waals surface area (Å²) in [5.74, 6) is 1.11. The minimum Gasteiger partial charge on any atom is -0.328 e. The Bertz CT molecular complexity index is 622. The molecule has 2 rings (SSSR count). The van der Waals surface area contributed by atoms with Crippen LogP contribution >= 0.6 is 0 Å². The number of hydrogen-bond acceptors (Lipinski definition) is 3. The highest BCUT2D eigenvalue weighted by Crippen LogP contribution is 2.16. The first-order valence-corrected chi connectivity index (χ1v) is 7.61. The normalized spacial score (nSPS) is 12.0. The third-order valence-electron chi connectivity index (χ3n) is 3.46. The van der Waals surface area contributed by atoms with E-state index in [2.05, 4.69) is 48.6 Å². The van der Waals surface area contributed by atoms with Crippen LogP contribution in [0, 0.1) is 0 Å². The van der Waals surface area contributed by atoms with Gasteiger partial charge < -0.3 is 9.88 Å². The van der Waals surface area contributed by atoms with E-state index in [-0.39, 0.29) is 11.3 Å². The number of fused-ring (bicyclic) bond motifs is 1. The Morgan fingerprint density at radius 3 is 2.67 bits per heavy atom. The highest BCUT2D eigenvalue weighted by Gasteiger charge is 2.14. The van der Waals surface area contributed by atoms with Gasteiger partial charge in [0.2, 0.25) is 0 Å². The lowest BCUT2D eigenvalue weighted by Crippen LogP contribution is -2.37. The topological polar surface area (TPSA) is 46.9 Å². The molecule has 1 heterocycles. The Labute approximate surface area is 126 Å². The van der Waals surface area contributed by atoms with Crippen molar-refractivity contribution >= 4 is 16.8 Å². The Hall–Kier alpha value is -1.68. The first-order chi connectivity index (χ1) is 9.90. The van der Waals surface area contributed by atoms with Crippen LogP contribution in [-0.2, 0) is 17.8 Å². The van der Waals surface area contributed by atoms with Crippen molar-refractivity contribution in [2.24, 2.45) is 0 Å². The second kappa shape index (κ2) is 6.39. The number of nitrogens with one attached hydrogen (secondary N) is 1. The minimum absolute atomic E-state index is 0.0524. The van der Waals surface area contributed by atoms with Crippen molar-refractivity contribution in [1.82, 2.24) is 14.9 Å². The minimum atomic E-state index is 0.0524. The van der Waals surface area contributed by atoms with Gasteiger partial charge in [0, 0.05) is 25.0 Å². The van der Waals surface area contributed by atoms with Crippen LogP contribution in [-0.4, -0.2) is 27.4 Å². The summed E-state index contributed by atoms with van der Waals surface area (Å²) >= 11 is 0. The summed E-state index contributed by atoms with van der Waals surface area (Å²) in [6, 6.07) is 8.04. The molecule has 1 aromatic heterocycles.